The molecule has 0 fully saturated rings. The standard InChI is InChI=1S/C35H46N6O8S/c1-21(2)31-34(45)37-16-25-26(47-4)9-8-10-27(25)49-29-15-23(11-12-28(29)48-5)33(44)36-13-6-7-14-41(17-24-19-50-20-38-24)18-30(43)39-32(22(3)42)35(46)40-31/h8-12,15,19-22,31-32,42H,6-7,13-14,16-18H2,1-5H3,(H,36,44)(H,37,45)(H,39,43)(H,40,46)/t22-,31-,32+/m1/s1. The molecule has 1 aliphatic heterocycles. The van der Waals surface area contributed by atoms with Gasteiger partial charge in [0.1, 0.15) is 23.6 Å². The molecule has 2 aromatic carbocycles. The van der Waals surface area contributed by atoms with Gasteiger partial charge in [0.25, 0.3) is 5.91 Å². The smallest absolute Gasteiger partial charge is 0.251 e. The van der Waals surface area contributed by atoms with Crippen LogP contribution < -0.4 is 35.5 Å². The number of rotatable bonds is 6. The first-order valence-corrected chi connectivity index (χ1v) is 17.4. The molecule has 0 spiro atoms. The minimum absolute atomic E-state index is 0.0366. The van der Waals surface area contributed by atoms with Gasteiger partial charge in [-0.3, -0.25) is 24.1 Å². The average Bonchev–Trinajstić information content (AvgIpc) is 3.60. The summed E-state index contributed by atoms with van der Waals surface area (Å²) in [6, 6.07) is 7.71. The SMILES string of the molecule is COc1ccc2cc1Oc1cccc(OC)c1CNC(=O)[C@@H](C(C)C)NC(=O)[C@H]([C@@H](C)O)NC(=O)CN(Cc1cscn1)CCCCNC2=O. The van der Waals surface area contributed by atoms with Crippen LogP contribution in [0, 0.1) is 5.92 Å². The van der Waals surface area contributed by atoms with Crippen molar-refractivity contribution in [2.75, 3.05) is 33.9 Å². The molecular formula is C35H46N6O8S. The van der Waals surface area contributed by atoms with Crippen LogP contribution in [0.5, 0.6) is 23.0 Å². The van der Waals surface area contributed by atoms with Crippen molar-refractivity contribution in [1.29, 1.82) is 0 Å². The van der Waals surface area contributed by atoms with Gasteiger partial charge in [0.05, 0.1) is 50.2 Å². The number of hydrogen-bond acceptors (Lipinski definition) is 11. The molecule has 1 aliphatic rings. The van der Waals surface area contributed by atoms with Crippen LogP contribution in [0.3, 0.4) is 0 Å². The van der Waals surface area contributed by atoms with E-state index >= 15 is 0 Å². The number of nitrogens with zero attached hydrogens (tertiary/aromatic N) is 2. The van der Waals surface area contributed by atoms with Crippen molar-refractivity contribution in [1.82, 2.24) is 31.2 Å². The Balaban J connectivity index is 1.66. The molecule has 0 unspecified atom stereocenters. The van der Waals surface area contributed by atoms with Crippen molar-refractivity contribution < 1.29 is 38.5 Å². The lowest BCUT2D eigenvalue weighted by Gasteiger charge is -2.28. The van der Waals surface area contributed by atoms with E-state index < -0.39 is 35.9 Å². The second-order valence-corrected chi connectivity index (χ2v) is 13.0. The summed E-state index contributed by atoms with van der Waals surface area (Å²) in [5.41, 5.74) is 3.37. The summed E-state index contributed by atoms with van der Waals surface area (Å²) in [6.45, 7) is 6.13. The zero-order valence-corrected chi connectivity index (χ0v) is 29.8. The van der Waals surface area contributed by atoms with E-state index in [9.17, 15) is 24.3 Å². The van der Waals surface area contributed by atoms with Gasteiger partial charge in [0.15, 0.2) is 11.5 Å². The first-order valence-electron chi connectivity index (χ1n) is 16.5. The largest absolute Gasteiger partial charge is 0.496 e. The van der Waals surface area contributed by atoms with Crippen molar-refractivity contribution in [2.24, 2.45) is 5.92 Å². The fourth-order valence-electron chi connectivity index (χ4n) is 5.44. The molecule has 0 saturated heterocycles. The first kappa shape index (κ1) is 38.1. The normalized spacial score (nSPS) is 19.6. The molecule has 1 aromatic heterocycles. The first-order chi connectivity index (χ1) is 24.0. The highest BCUT2D eigenvalue weighted by atomic mass is 32.1. The summed E-state index contributed by atoms with van der Waals surface area (Å²) < 4.78 is 17.4. The van der Waals surface area contributed by atoms with Crippen molar-refractivity contribution in [3.8, 4) is 23.0 Å². The second-order valence-electron chi connectivity index (χ2n) is 12.3. The van der Waals surface area contributed by atoms with E-state index in [1.165, 1.54) is 32.5 Å². The van der Waals surface area contributed by atoms with E-state index in [0.717, 1.165) is 5.69 Å². The minimum atomic E-state index is -1.31. The molecule has 5 N–H and O–H groups in total. The number of fused-ring (bicyclic) bond motifs is 3. The number of ether oxygens (including phenoxy) is 3. The summed E-state index contributed by atoms with van der Waals surface area (Å²) in [5.74, 6) is -0.852. The Morgan fingerprint density at radius 3 is 2.42 bits per heavy atom. The molecule has 15 heteroatoms. The third-order valence-corrected chi connectivity index (χ3v) is 8.78. The zero-order valence-electron chi connectivity index (χ0n) is 29.0. The van der Waals surface area contributed by atoms with Crippen LogP contribution >= 0.6 is 11.3 Å². The van der Waals surface area contributed by atoms with Gasteiger partial charge in [0.2, 0.25) is 17.7 Å². The number of carbonyl (C=O) groups excluding carboxylic acids is 4. The van der Waals surface area contributed by atoms with E-state index in [-0.39, 0.29) is 30.7 Å². The third-order valence-electron chi connectivity index (χ3n) is 8.15. The van der Waals surface area contributed by atoms with Gasteiger partial charge in [-0.25, -0.2) is 4.98 Å². The molecule has 270 valence electrons. The van der Waals surface area contributed by atoms with Crippen molar-refractivity contribution in [3.05, 3.63) is 64.1 Å². The lowest BCUT2D eigenvalue weighted by Crippen LogP contribution is -2.59. The molecule has 2 heterocycles. The Hall–Kier alpha value is -4.73. The Bertz CT molecular complexity index is 1620. The number of nitrogens with one attached hydrogen (secondary N) is 4. The maximum absolute atomic E-state index is 13.6. The molecule has 4 rings (SSSR count). The Labute approximate surface area is 295 Å². The molecule has 2 bridgehead atoms. The van der Waals surface area contributed by atoms with Gasteiger partial charge in [-0.05, 0) is 62.6 Å². The summed E-state index contributed by atoms with van der Waals surface area (Å²) in [4.78, 5) is 59.7. The fourth-order valence-corrected chi connectivity index (χ4v) is 5.99. The van der Waals surface area contributed by atoms with Gasteiger partial charge in [-0.1, -0.05) is 19.9 Å². The highest BCUT2D eigenvalue weighted by Crippen LogP contribution is 2.37. The number of aliphatic hydroxyl groups excluding tert-OH is 1. The quantitative estimate of drug-likeness (QED) is 0.255. The maximum atomic E-state index is 13.6. The zero-order chi connectivity index (χ0) is 36.2. The summed E-state index contributed by atoms with van der Waals surface area (Å²) >= 11 is 1.45. The Kier molecular flexibility index (Phi) is 13.9. The third kappa shape index (κ3) is 10.4. The number of aromatic nitrogens is 1. The van der Waals surface area contributed by atoms with Crippen molar-refractivity contribution >= 4 is 35.0 Å². The molecule has 3 aromatic rings. The molecule has 4 amide bonds. The molecule has 14 nitrogen and oxygen atoms in total. The van der Waals surface area contributed by atoms with Crippen LogP contribution in [-0.2, 0) is 27.5 Å². The van der Waals surface area contributed by atoms with E-state index in [1.807, 2.05) is 10.3 Å². The highest BCUT2D eigenvalue weighted by molar-refractivity contribution is 7.07. The molecule has 3 atom stereocenters. The van der Waals surface area contributed by atoms with Crippen LogP contribution in [0.4, 0.5) is 0 Å². The highest BCUT2D eigenvalue weighted by Gasteiger charge is 2.32. The van der Waals surface area contributed by atoms with Crippen LogP contribution in [0.2, 0.25) is 0 Å². The lowest BCUT2D eigenvalue weighted by molar-refractivity contribution is -0.135. The number of carbonyl (C=O) groups is 4. The maximum Gasteiger partial charge on any atom is 0.251 e. The topological polar surface area (TPSA) is 180 Å². The van der Waals surface area contributed by atoms with E-state index in [2.05, 4.69) is 26.3 Å². The van der Waals surface area contributed by atoms with E-state index in [4.69, 9.17) is 14.2 Å². The molecule has 0 saturated carbocycles. The summed E-state index contributed by atoms with van der Waals surface area (Å²) in [5, 5.41) is 23.6. The minimum Gasteiger partial charge on any atom is -0.496 e. The number of thiazole rings is 1. The van der Waals surface area contributed by atoms with Crippen LogP contribution in [0.25, 0.3) is 0 Å². The van der Waals surface area contributed by atoms with Gasteiger partial charge < -0.3 is 40.6 Å². The molecule has 50 heavy (non-hydrogen) atoms. The number of amides is 4. The van der Waals surface area contributed by atoms with Gasteiger partial charge in [-0.2, -0.15) is 0 Å². The molecule has 0 aliphatic carbocycles. The average molecular weight is 711 g/mol. The fraction of sp³-hybridized carbons (Fsp3) is 0.457. The number of hydrogen-bond donors (Lipinski definition) is 5. The predicted molar refractivity (Wildman–Crippen MR) is 187 cm³/mol. The van der Waals surface area contributed by atoms with E-state index in [0.29, 0.717) is 60.9 Å². The van der Waals surface area contributed by atoms with Crippen LogP contribution in [-0.4, -0.2) is 90.7 Å². The predicted octanol–water partition coefficient (Wildman–Crippen LogP) is 2.60. The number of aliphatic hydroxyl groups is 1. The Morgan fingerprint density at radius 1 is 0.960 bits per heavy atom. The van der Waals surface area contributed by atoms with Gasteiger partial charge in [-0.15, -0.1) is 11.3 Å². The summed E-state index contributed by atoms with van der Waals surface area (Å²) in [7, 11) is 2.99. The van der Waals surface area contributed by atoms with Crippen molar-refractivity contribution in [3.63, 3.8) is 0 Å². The monoisotopic (exact) mass is 710 g/mol. The van der Waals surface area contributed by atoms with Gasteiger partial charge >= 0.3 is 0 Å². The van der Waals surface area contributed by atoms with E-state index in [1.54, 1.807) is 55.8 Å². The molecule has 0 radical (unpaired) electrons. The number of benzene rings is 2. The second kappa shape index (κ2) is 18.3. The van der Waals surface area contributed by atoms with Crippen LogP contribution in [0.1, 0.15) is 55.2 Å². The lowest BCUT2D eigenvalue weighted by atomic mass is 10.0. The van der Waals surface area contributed by atoms with Crippen molar-refractivity contribution in [2.45, 2.75) is 64.9 Å². The van der Waals surface area contributed by atoms with Gasteiger partial charge in [0, 0.05) is 24.0 Å². The summed E-state index contributed by atoms with van der Waals surface area (Å²) in [6.07, 6.45) is 0.0333. The number of methoxy groups -OCH3 is 2. The van der Waals surface area contributed by atoms with Crippen LogP contribution in [0.15, 0.2) is 47.3 Å². The Morgan fingerprint density at radius 2 is 1.74 bits per heavy atom. The molecular weight excluding hydrogens is 664 g/mol.